The number of halogens is 1. The second kappa shape index (κ2) is 11.5. The number of carbonyl (C=O) groups excluding carboxylic acids is 2. The van der Waals surface area contributed by atoms with Crippen LogP contribution < -0.4 is 10.5 Å². The summed E-state index contributed by atoms with van der Waals surface area (Å²) in [7, 11) is 0. The van der Waals surface area contributed by atoms with Gasteiger partial charge in [-0.3, -0.25) is 15.0 Å². The third-order valence-corrected chi connectivity index (χ3v) is 5.61. The van der Waals surface area contributed by atoms with E-state index in [1.54, 1.807) is 12.1 Å². The Hall–Kier alpha value is -3.56. The Balaban J connectivity index is 1.54. The van der Waals surface area contributed by atoms with Crippen LogP contribution in [0, 0.1) is 23.1 Å². The molecule has 0 aliphatic carbocycles. The topological polar surface area (TPSA) is 131 Å². The van der Waals surface area contributed by atoms with Crippen molar-refractivity contribution < 1.29 is 23.5 Å². The molecule has 1 fully saturated rings. The number of rotatable bonds is 9. The van der Waals surface area contributed by atoms with Gasteiger partial charge in [0.05, 0.1) is 6.61 Å². The van der Waals surface area contributed by atoms with Gasteiger partial charge in [-0.25, -0.2) is 14.4 Å². The average molecular weight is 472 g/mol. The number of likely N-dealkylation sites (tertiary alicyclic amines) is 1. The number of nitrogens with two attached hydrogens (primary N) is 1. The summed E-state index contributed by atoms with van der Waals surface area (Å²) in [5, 5.41) is 7.10. The predicted octanol–water partition coefficient (Wildman–Crippen LogP) is 2.93. The normalized spacial score (nSPS) is 14.2. The molecule has 3 rings (SSSR count). The zero-order valence-electron chi connectivity index (χ0n) is 19.4. The van der Waals surface area contributed by atoms with E-state index in [1.807, 2.05) is 18.7 Å². The number of benzene rings is 1. The maximum Gasteiger partial charge on any atom is 0.316 e. The molecule has 2 aromatic rings. The van der Waals surface area contributed by atoms with Gasteiger partial charge in [-0.1, -0.05) is 32.0 Å². The highest BCUT2D eigenvalue weighted by atomic mass is 19.1. The summed E-state index contributed by atoms with van der Waals surface area (Å²) < 4.78 is 25.6. The molecule has 0 spiro atoms. The quantitative estimate of drug-likeness (QED) is 0.326. The molecular formula is C24H30FN5O4. The van der Waals surface area contributed by atoms with Gasteiger partial charge in [0.2, 0.25) is 5.91 Å². The number of ether oxygens (including phenoxy) is 2. The first-order valence-corrected chi connectivity index (χ1v) is 11.2. The predicted molar refractivity (Wildman–Crippen MR) is 123 cm³/mol. The van der Waals surface area contributed by atoms with Crippen molar-refractivity contribution >= 4 is 17.7 Å². The fraction of sp³-hybridized carbons (Fsp3) is 0.458. The Morgan fingerprint density at radius 1 is 1.24 bits per heavy atom. The molecule has 1 saturated heterocycles. The highest BCUT2D eigenvalue weighted by molar-refractivity contribution is 5.94. The van der Waals surface area contributed by atoms with E-state index >= 15 is 0 Å². The first-order valence-electron chi connectivity index (χ1n) is 11.2. The Labute approximate surface area is 198 Å². The van der Waals surface area contributed by atoms with Crippen molar-refractivity contribution in [1.29, 1.82) is 5.41 Å². The number of amidine groups is 1. The Kier molecular flexibility index (Phi) is 8.50. The number of nitrogens with zero attached hydrogens (tertiary/aromatic N) is 3. The van der Waals surface area contributed by atoms with Gasteiger partial charge in [0.1, 0.15) is 24.7 Å². The highest BCUT2D eigenvalue weighted by Crippen LogP contribution is 2.25. The summed E-state index contributed by atoms with van der Waals surface area (Å²) in [6, 6.07) is 4.95. The summed E-state index contributed by atoms with van der Waals surface area (Å²) in [4.78, 5) is 34.0. The molecule has 0 bridgehead atoms. The lowest BCUT2D eigenvalue weighted by molar-refractivity contribution is -0.143. The summed E-state index contributed by atoms with van der Waals surface area (Å²) in [5.41, 5.74) is 6.09. The summed E-state index contributed by atoms with van der Waals surface area (Å²) in [5.74, 6) is -1.04. The Morgan fingerprint density at radius 3 is 2.53 bits per heavy atom. The van der Waals surface area contributed by atoms with Crippen LogP contribution in [0.1, 0.15) is 38.7 Å². The van der Waals surface area contributed by atoms with Gasteiger partial charge >= 0.3 is 12.0 Å². The first kappa shape index (κ1) is 25.1. The number of piperidine rings is 1. The molecule has 1 aliphatic rings. The maximum absolute atomic E-state index is 14.9. The molecule has 1 aliphatic heterocycles. The molecule has 0 unspecified atom stereocenters. The van der Waals surface area contributed by atoms with Crippen LogP contribution in [0.3, 0.4) is 0 Å². The lowest BCUT2D eigenvalue weighted by Gasteiger charge is -2.32. The molecule has 182 valence electrons. The number of nitrogens with one attached hydrogen (secondary N) is 1. The van der Waals surface area contributed by atoms with Crippen LogP contribution in [0.15, 0.2) is 30.6 Å². The molecule has 9 nitrogen and oxygen atoms in total. The molecule has 10 heteroatoms. The summed E-state index contributed by atoms with van der Waals surface area (Å²) >= 11 is 0. The largest absolute Gasteiger partial charge is 0.463 e. The second-order valence-corrected chi connectivity index (χ2v) is 8.63. The molecular weight excluding hydrogens is 441 g/mol. The zero-order valence-corrected chi connectivity index (χ0v) is 19.4. The SMILES string of the molecule is CC(C)C(=O)N1CCC(COc2ncc(-c3cccc(COC(=O)CC(=N)N)c3F)cn2)CC1. The van der Waals surface area contributed by atoms with Gasteiger partial charge in [0.15, 0.2) is 0 Å². The average Bonchev–Trinajstić information content (AvgIpc) is 2.82. The van der Waals surface area contributed by atoms with E-state index in [-0.39, 0.29) is 47.8 Å². The Bertz CT molecular complexity index is 1020. The highest BCUT2D eigenvalue weighted by Gasteiger charge is 2.24. The van der Waals surface area contributed by atoms with Crippen molar-refractivity contribution in [2.24, 2.45) is 17.6 Å². The molecule has 1 aromatic heterocycles. The van der Waals surface area contributed by atoms with Crippen LogP contribution >= 0.6 is 0 Å². The number of aromatic nitrogens is 2. The van der Waals surface area contributed by atoms with Gasteiger partial charge in [0.25, 0.3) is 0 Å². The van der Waals surface area contributed by atoms with E-state index < -0.39 is 11.8 Å². The van der Waals surface area contributed by atoms with Crippen LogP contribution in [0.2, 0.25) is 0 Å². The first-order chi connectivity index (χ1) is 16.2. The van der Waals surface area contributed by atoms with Crippen LogP contribution in [0.5, 0.6) is 6.01 Å². The molecule has 0 atom stereocenters. The van der Waals surface area contributed by atoms with Crippen LogP contribution in [0.4, 0.5) is 4.39 Å². The standard InChI is InChI=1S/C24H30FN5O4/c1-15(2)23(32)30-8-6-16(7-9-30)13-34-24-28-11-18(12-29-24)19-5-3-4-17(22(19)25)14-33-21(31)10-20(26)27/h3-5,11-12,15-16H,6-10,13-14H2,1-2H3,(H3,26,27). The van der Waals surface area contributed by atoms with Gasteiger partial charge in [-0.2, -0.15) is 0 Å². The van der Waals surface area contributed by atoms with Crippen molar-refractivity contribution in [2.75, 3.05) is 19.7 Å². The molecule has 1 amide bonds. The lowest BCUT2D eigenvalue weighted by atomic mass is 9.97. The van der Waals surface area contributed by atoms with Gasteiger partial charge in [-0.15, -0.1) is 0 Å². The number of hydrogen-bond donors (Lipinski definition) is 2. The summed E-state index contributed by atoms with van der Waals surface area (Å²) in [6.45, 7) is 5.46. The van der Waals surface area contributed by atoms with E-state index in [0.29, 0.717) is 18.1 Å². The minimum Gasteiger partial charge on any atom is -0.463 e. The number of esters is 1. The summed E-state index contributed by atoms with van der Waals surface area (Å²) in [6.07, 6.45) is 4.36. The third-order valence-electron chi connectivity index (χ3n) is 5.61. The van der Waals surface area contributed by atoms with Crippen LogP contribution in [-0.4, -0.2) is 52.3 Å². The fourth-order valence-electron chi connectivity index (χ4n) is 3.69. The molecule has 1 aromatic carbocycles. The van der Waals surface area contributed by atoms with Crippen molar-refractivity contribution in [2.45, 2.75) is 39.7 Å². The van der Waals surface area contributed by atoms with Crippen molar-refractivity contribution in [3.63, 3.8) is 0 Å². The smallest absolute Gasteiger partial charge is 0.316 e. The molecule has 34 heavy (non-hydrogen) atoms. The van der Waals surface area contributed by atoms with Crippen molar-refractivity contribution in [1.82, 2.24) is 14.9 Å². The molecule has 0 saturated carbocycles. The molecule has 2 heterocycles. The van der Waals surface area contributed by atoms with E-state index in [0.717, 1.165) is 25.9 Å². The number of hydrogen-bond acceptors (Lipinski definition) is 7. The van der Waals surface area contributed by atoms with Gasteiger partial charge in [0, 0.05) is 48.1 Å². The maximum atomic E-state index is 14.9. The third kappa shape index (κ3) is 6.72. The zero-order chi connectivity index (χ0) is 24.7. The van der Waals surface area contributed by atoms with E-state index in [1.165, 1.54) is 18.5 Å². The number of amides is 1. The Morgan fingerprint density at radius 2 is 1.91 bits per heavy atom. The van der Waals surface area contributed by atoms with Gasteiger partial charge < -0.3 is 20.1 Å². The van der Waals surface area contributed by atoms with E-state index in [9.17, 15) is 14.0 Å². The monoisotopic (exact) mass is 471 g/mol. The number of carbonyl (C=O) groups is 2. The van der Waals surface area contributed by atoms with Crippen molar-refractivity contribution in [3.8, 4) is 17.1 Å². The van der Waals surface area contributed by atoms with Crippen LogP contribution in [0.25, 0.3) is 11.1 Å². The molecule has 3 N–H and O–H groups in total. The van der Waals surface area contributed by atoms with Crippen molar-refractivity contribution in [3.05, 3.63) is 42.0 Å². The van der Waals surface area contributed by atoms with Gasteiger partial charge in [-0.05, 0) is 18.8 Å². The lowest BCUT2D eigenvalue weighted by Crippen LogP contribution is -2.41. The fourth-order valence-corrected chi connectivity index (χ4v) is 3.69. The minimum absolute atomic E-state index is 0.00648. The van der Waals surface area contributed by atoms with E-state index in [2.05, 4.69) is 9.97 Å². The minimum atomic E-state index is -0.695. The van der Waals surface area contributed by atoms with Crippen LogP contribution in [-0.2, 0) is 20.9 Å². The second-order valence-electron chi connectivity index (χ2n) is 8.63. The van der Waals surface area contributed by atoms with E-state index in [4.69, 9.17) is 20.6 Å². The molecule has 0 radical (unpaired) electrons.